The zero-order valence-corrected chi connectivity index (χ0v) is 11.6. The fourth-order valence-corrected chi connectivity index (χ4v) is 2.77. The van der Waals surface area contributed by atoms with Crippen LogP contribution in [0, 0.1) is 6.92 Å². The number of carboxylic acids is 1. The Balaban J connectivity index is 1.68. The van der Waals surface area contributed by atoms with E-state index in [1.807, 2.05) is 19.1 Å². The number of thiazole rings is 1. The number of ether oxygens (including phenoxy) is 2. The fraction of sp³-hybridized carbons (Fsp3) is 0.286. The highest BCUT2D eigenvalue weighted by Crippen LogP contribution is 2.32. The van der Waals surface area contributed by atoms with Crippen molar-refractivity contribution in [1.82, 2.24) is 4.98 Å². The Morgan fingerprint density at radius 1 is 1.60 bits per heavy atom. The van der Waals surface area contributed by atoms with E-state index in [0.29, 0.717) is 24.5 Å². The standard InChI is InChI=1S/C14H13NO4S/c1-8-15-6-11(20-8)7-18-10-3-2-9-4-13(14(16)17)19-12(9)5-10/h2-3,5-6,13H,4,7H2,1H3,(H,16,17). The maximum Gasteiger partial charge on any atom is 0.345 e. The van der Waals surface area contributed by atoms with Crippen LogP contribution in [0.4, 0.5) is 0 Å². The summed E-state index contributed by atoms with van der Waals surface area (Å²) in [5.41, 5.74) is 0.901. The van der Waals surface area contributed by atoms with Gasteiger partial charge in [-0.2, -0.15) is 0 Å². The van der Waals surface area contributed by atoms with Crippen molar-refractivity contribution < 1.29 is 19.4 Å². The van der Waals surface area contributed by atoms with E-state index < -0.39 is 12.1 Å². The lowest BCUT2D eigenvalue weighted by Gasteiger charge is -2.07. The monoisotopic (exact) mass is 291 g/mol. The molecule has 5 nitrogen and oxygen atoms in total. The highest BCUT2D eigenvalue weighted by molar-refractivity contribution is 7.11. The third-order valence-corrected chi connectivity index (χ3v) is 3.93. The van der Waals surface area contributed by atoms with Crippen LogP contribution in [0.3, 0.4) is 0 Å². The molecule has 3 rings (SSSR count). The van der Waals surface area contributed by atoms with Crippen LogP contribution in [0.2, 0.25) is 0 Å². The van der Waals surface area contributed by atoms with Crippen molar-refractivity contribution >= 4 is 17.3 Å². The molecule has 0 radical (unpaired) electrons. The summed E-state index contributed by atoms with van der Waals surface area (Å²) in [5.74, 6) is 0.319. The second kappa shape index (κ2) is 5.13. The topological polar surface area (TPSA) is 68.7 Å². The summed E-state index contributed by atoms with van der Waals surface area (Å²) < 4.78 is 11.0. The SMILES string of the molecule is Cc1ncc(COc2ccc3c(c2)OC(C(=O)O)C3)s1. The lowest BCUT2D eigenvalue weighted by Crippen LogP contribution is -2.24. The first-order chi connectivity index (χ1) is 9.61. The number of rotatable bonds is 4. The van der Waals surface area contributed by atoms with Gasteiger partial charge in [-0.25, -0.2) is 9.78 Å². The van der Waals surface area contributed by atoms with Crippen LogP contribution in [0.1, 0.15) is 15.4 Å². The van der Waals surface area contributed by atoms with Crippen LogP contribution in [-0.2, 0) is 17.8 Å². The van der Waals surface area contributed by atoms with Gasteiger partial charge in [-0.1, -0.05) is 6.07 Å². The Kier molecular flexibility index (Phi) is 3.31. The summed E-state index contributed by atoms with van der Waals surface area (Å²) in [6, 6.07) is 5.43. The van der Waals surface area contributed by atoms with Gasteiger partial charge < -0.3 is 14.6 Å². The van der Waals surface area contributed by atoms with E-state index in [1.165, 1.54) is 0 Å². The molecule has 1 N–H and O–H groups in total. The van der Waals surface area contributed by atoms with Crippen LogP contribution in [0.5, 0.6) is 11.5 Å². The number of carboxylic acid groups (broad SMARTS) is 1. The van der Waals surface area contributed by atoms with Crippen molar-refractivity contribution in [3.05, 3.63) is 39.8 Å². The van der Waals surface area contributed by atoms with Gasteiger partial charge in [-0.3, -0.25) is 0 Å². The number of carbonyl (C=O) groups is 1. The van der Waals surface area contributed by atoms with Gasteiger partial charge in [-0.05, 0) is 18.6 Å². The first-order valence-electron chi connectivity index (χ1n) is 6.18. The molecule has 0 spiro atoms. The van der Waals surface area contributed by atoms with Crippen molar-refractivity contribution in [3.63, 3.8) is 0 Å². The Morgan fingerprint density at radius 2 is 2.45 bits per heavy atom. The van der Waals surface area contributed by atoms with Crippen LogP contribution in [-0.4, -0.2) is 22.2 Å². The Hall–Kier alpha value is -2.08. The molecule has 1 aliphatic heterocycles. The molecule has 0 saturated heterocycles. The smallest absolute Gasteiger partial charge is 0.345 e. The highest BCUT2D eigenvalue weighted by Gasteiger charge is 2.28. The fourth-order valence-electron chi connectivity index (χ4n) is 2.06. The van der Waals surface area contributed by atoms with Crippen molar-refractivity contribution in [3.8, 4) is 11.5 Å². The first kappa shape index (κ1) is 12.9. The summed E-state index contributed by atoms with van der Waals surface area (Å²) in [5, 5.41) is 9.95. The molecule has 1 unspecified atom stereocenters. The zero-order valence-electron chi connectivity index (χ0n) is 10.8. The maximum absolute atomic E-state index is 10.9. The second-order valence-corrected chi connectivity index (χ2v) is 5.87. The van der Waals surface area contributed by atoms with Crippen LogP contribution in [0.25, 0.3) is 0 Å². The quantitative estimate of drug-likeness (QED) is 0.937. The molecule has 104 valence electrons. The first-order valence-corrected chi connectivity index (χ1v) is 7.00. The lowest BCUT2D eigenvalue weighted by molar-refractivity contribution is -0.144. The van der Waals surface area contributed by atoms with Crippen molar-refractivity contribution in [2.75, 3.05) is 0 Å². The van der Waals surface area contributed by atoms with Gasteiger partial charge in [0.15, 0.2) is 6.10 Å². The minimum Gasteiger partial charge on any atom is -0.488 e. The van der Waals surface area contributed by atoms with Crippen LogP contribution >= 0.6 is 11.3 Å². The summed E-state index contributed by atoms with van der Waals surface area (Å²) in [7, 11) is 0. The third-order valence-electron chi connectivity index (χ3n) is 3.04. The van der Waals surface area contributed by atoms with E-state index in [1.54, 1.807) is 23.6 Å². The van der Waals surface area contributed by atoms with E-state index in [0.717, 1.165) is 15.4 Å². The normalized spacial score (nSPS) is 16.6. The number of fused-ring (bicyclic) bond motifs is 1. The minimum atomic E-state index is -0.941. The Morgan fingerprint density at radius 3 is 3.15 bits per heavy atom. The van der Waals surface area contributed by atoms with Crippen molar-refractivity contribution in [2.24, 2.45) is 0 Å². The van der Waals surface area contributed by atoms with Crippen LogP contribution < -0.4 is 9.47 Å². The number of aryl methyl sites for hydroxylation is 1. The molecule has 1 aromatic heterocycles. The van der Waals surface area contributed by atoms with Crippen molar-refractivity contribution in [2.45, 2.75) is 26.1 Å². The van der Waals surface area contributed by atoms with Gasteiger partial charge in [0.1, 0.15) is 18.1 Å². The van der Waals surface area contributed by atoms with Gasteiger partial charge in [0, 0.05) is 18.7 Å². The predicted octanol–water partition coefficient (Wildman–Crippen LogP) is 2.42. The summed E-state index contributed by atoms with van der Waals surface area (Å²) in [4.78, 5) is 16.1. The van der Waals surface area contributed by atoms with Gasteiger partial charge in [0.2, 0.25) is 0 Å². The number of hydrogen-bond acceptors (Lipinski definition) is 5. The average molecular weight is 291 g/mol. The highest BCUT2D eigenvalue weighted by atomic mass is 32.1. The van der Waals surface area contributed by atoms with Gasteiger partial charge in [0.05, 0.1) is 9.88 Å². The molecule has 0 fully saturated rings. The van der Waals surface area contributed by atoms with Crippen molar-refractivity contribution in [1.29, 1.82) is 0 Å². The van der Waals surface area contributed by atoms with Crippen LogP contribution in [0.15, 0.2) is 24.4 Å². The number of nitrogens with zero attached hydrogens (tertiary/aromatic N) is 1. The van der Waals surface area contributed by atoms with E-state index in [2.05, 4.69) is 4.98 Å². The van der Waals surface area contributed by atoms with E-state index in [-0.39, 0.29) is 0 Å². The molecule has 0 aliphatic carbocycles. The van der Waals surface area contributed by atoms with Gasteiger partial charge in [0.25, 0.3) is 0 Å². The largest absolute Gasteiger partial charge is 0.488 e. The molecule has 0 bridgehead atoms. The molecule has 1 aliphatic rings. The molecule has 0 saturated carbocycles. The molecule has 6 heteroatoms. The molecule has 1 atom stereocenters. The predicted molar refractivity (Wildman–Crippen MR) is 73.4 cm³/mol. The maximum atomic E-state index is 10.9. The number of aliphatic carboxylic acids is 1. The molecular weight excluding hydrogens is 278 g/mol. The summed E-state index contributed by atoms with van der Waals surface area (Å²) in [6.45, 7) is 2.40. The van der Waals surface area contributed by atoms with E-state index >= 15 is 0 Å². The Bertz CT molecular complexity index is 652. The molecule has 0 amide bonds. The lowest BCUT2D eigenvalue weighted by atomic mass is 10.1. The molecule has 20 heavy (non-hydrogen) atoms. The van der Waals surface area contributed by atoms with E-state index in [9.17, 15) is 4.79 Å². The summed E-state index contributed by atoms with van der Waals surface area (Å²) in [6.07, 6.45) is 1.41. The Labute approximate surface area is 119 Å². The van der Waals surface area contributed by atoms with Gasteiger partial charge in [-0.15, -0.1) is 11.3 Å². The van der Waals surface area contributed by atoms with E-state index in [4.69, 9.17) is 14.6 Å². The molecule has 2 heterocycles. The third kappa shape index (κ3) is 2.60. The molecular formula is C14H13NO4S. The second-order valence-electron chi connectivity index (χ2n) is 4.55. The number of hydrogen-bond donors (Lipinski definition) is 1. The number of benzene rings is 1. The average Bonchev–Trinajstić information content (AvgIpc) is 3.01. The zero-order chi connectivity index (χ0) is 14.1. The number of aromatic nitrogens is 1. The summed E-state index contributed by atoms with van der Waals surface area (Å²) >= 11 is 1.59. The molecule has 2 aromatic rings. The minimum absolute atomic E-state index is 0.402. The van der Waals surface area contributed by atoms with Gasteiger partial charge >= 0.3 is 5.97 Å². The molecule has 1 aromatic carbocycles.